The van der Waals surface area contributed by atoms with E-state index < -0.39 is 11.7 Å². The number of hydrogen-bond acceptors (Lipinski definition) is 2. The Morgan fingerprint density at radius 1 is 1.14 bits per heavy atom. The lowest BCUT2D eigenvalue weighted by atomic mass is 10.1. The molecular weight excluding hydrogens is 418 g/mol. The first kappa shape index (κ1) is 20.8. The molecule has 28 heavy (non-hydrogen) atoms. The van der Waals surface area contributed by atoms with Gasteiger partial charge in [-0.05, 0) is 37.6 Å². The van der Waals surface area contributed by atoms with Gasteiger partial charge < -0.3 is 4.57 Å². The number of amides is 1. The molecule has 1 heterocycles. The first-order chi connectivity index (χ1) is 13.5. The zero-order valence-corrected chi connectivity index (χ0v) is 17.8. The number of hydrogen-bond donors (Lipinski definition) is 0. The lowest BCUT2D eigenvalue weighted by molar-refractivity contribution is 0.0994. The van der Waals surface area contributed by atoms with Gasteiger partial charge in [0.25, 0.3) is 5.91 Å². The maximum Gasteiger partial charge on any atom is 0.282 e. The molecule has 0 aliphatic carbocycles. The fourth-order valence-corrected chi connectivity index (χ4v) is 4.58. The first-order valence-electron chi connectivity index (χ1n) is 8.97. The van der Waals surface area contributed by atoms with Gasteiger partial charge in [0.15, 0.2) is 4.80 Å². The van der Waals surface area contributed by atoms with Gasteiger partial charge in [0.2, 0.25) is 0 Å². The lowest BCUT2D eigenvalue weighted by Gasteiger charge is -2.10. The van der Waals surface area contributed by atoms with Crippen LogP contribution in [0.5, 0.6) is 0 Å². The van der Waals surface area contributed by atoms with Crippen molar-refractivity contribution >= 4 is 40.4 Å². The average Bonchev–Trinajstić information content (AvgIpc) is 3.01. The predicted octanol–water partition coefficient (Wildman–Crippen LogP) is 6.38. The number of nitrogens with zero attached hydrogens (tertiary/aromatic N) is 2. The van der Waals surface area contributed by atoms with E-state index in [1.807, 2.05) is 23.6 Å². The Bertz CT molecular complexity index is 1090. The van der Waals surface area contributed by atoms with E-state index >= 15 is 0 Å². The third-order valence-corrected chi connectivity index (χ3v) is 6.14. The molecule has 1 aromatic heterocycles. The molecular formula is C21H19Cl2FN2OS. The molecule has 0 aliphatic heterocycles. The van der Waals surface area contributed by atoms with Gasteiger partial charge >= 0.3 is 0 Å². The highest BCUT2D eigenvalue weighted by molar-refractivity contribution is 7.09. The Hall–Kier alpha value is -1.95. The average molecular weight is 437 g/mol. The standard InChI is InChI=1S/C21H19Cl2FN2OS/c1-3-7-18-19(13-10-11-15(22)16(23)12-13)26(4-2)21(28-18)25-20(27)14-8-5-6-9-17(14)24/h5-6,8-12H,3-4,7H2,1-2H3. The molecule has 0 aliphatic rings. The molecule has 0 bridgehead atoms. The summed E-state index contributed by atoms with van der Waals surface area (Å²) >= 11 is 13.7. The molecule has 0 N–H and O–H groups in total. The van der Waals surface area contributed by atoms with Crippen LogP contribution in [0.2, 0.25) is 10.0 Å². The molecule has 0 saturated heterocycles. The summed E-state index contributed by atoms with van der Waals surface area (Å²) in [6, 6.07) is 11.4. The van der Waals surface area contributed by atoms with E-state index in [0.717, 1.165) is 29.0 Å². The normalized spacial score (nSPS) is 11.8. The van der Waals surface area contributed by atoms with Crippen LogP contribution in [0.15, 0.2) is 47.5 Å². The minimum atomic E-state index is -0.592. The number of aromatic nitrogens is 1. The molecule has 3 nitrogen and oxygen atoms in total. The van der Waals surface area contributed by atoms with Crippen molar-refractivity contribution in [2.24, 2.45) is 4.99 Å². The van der Waals surface area contributed by atoms with E-state index in [4.69, 9.17) is 23.2 Å². The van der Waals surface area contributed by atoms with Crippen molar-refractivity contribution in [3.63, 3.8) is 0 Å². The highest BCUT2D eigenvalue weighted by Gasteiger charge is 2.17. The third kappa shape index (κ3) is 4.22. The summed E-state index contributed by atoms with van der Waals surface area (Å²) in [5.41, 5.74) is 1.84. The molecule has 146 valence electrons. The van der Waals surface area contributed by atoms with Crippen LogP contribution >= 0.6 is 34.5 Å². The van der Waals surface area contributed by atoms with Crippen molar-refractivity contribution in [1.29, 1.82) is 0 Å². The van der Waals surface area contributed by atoms with Crippen molar-refractivity contribution in [3.05, 3.63) is 73.6 Å². The van der Waals surface area contributed by atoms with Crippen molar-refractivity contribution in [3.8, 4) is 11.3 Å². The van der Waals surface area contributed by atoms with E-state index in [1.165, 1.54) is 23.5 Å². The number of halogens is 3. The molecule has 0 spiro atoms. The smallest absolute Gasteiger partial charge is 0.282 e. The summed E-state index contributed by atoms with van der Waals surface area (Å²) in [6.45, 7) is 4.69. The van der Waals surface area contributed by atoms with E-state index in [-0.39, 0.29) is 5.56 Å². The summed E-state index contributed by atoms with van der Waals surface area (Å²) in [4.78, 5) is 18.4. The van der Waals surface area contributed by atoms with Gasteiger partial charge in [-0.25, -0.2) is 4.39 Å². The summed E-state index contributed by atoms with van der Waals surface area (Å²) < 4.78 is 15.9. The topological polar surface area (TPSA) is 34.4 Å². The Kier molecular flexibility index (Phi) is 6.70. The van der Waals surface area contributed by atoms with E-state index in [2.05, 4.69) is 11.9 Å². The van der Waals surface area contributed by atoms with Gasteiger partial charge in [-0.3, -0.25) is 4.79 Å². The van der Waals surface area contributed by atoms with Crippen LogP contribution in [-0.4, -0.2) is 10.5 Å². The van der Waals surface area contributed by atoms with Gasteiger partial charge in [0.05, 0.1) is 21.3 Å². The zero-order chi connectivity index (χ0) is 20.3. The SMILES string of the molecule is CCCc1sc(=NC(=O)c2ccccc2F)n(CC)c1-c1ccc(Cl)c(Cl)c1. The van der Waals surface area contributed by atoms with E-state index in [9.17, 15) is 9.18 Å². The molecule has 0 saturated carbocycles. The number of carbonyl (C=O) groups is 1. The largest absolute Gasteiger partial charge is 0.316 e. The quantitative estimate of drug-likeness (QED) is 0.456. The van der Waals surface area contributed by atoms with Gasteiger partial charge in [-0.1, -0.05) is 54.7 Å². The minimum Gasteiger partial charge on any atom is -0.316 e. The fourth-order valence-electron chi connectivity index (χ4n) is 2.97. The summed E-state index contributed by atoms with van der Waals surface area (Å²) in [5, 5.41) is 0.955. The Morgan fingerprint density at radius 3 is 2.54 bits per heavy atom. The number of rotatable bonds is 5. The van der Waals surface area contributed by atoms with Crippen molar-refractivity contribution < 1.29 is 9.18 Å². The molecule has 7 heteroatoms. The zero-order valence-electron chi connectivity index (χ0n) is 15.5. The minimum absolute atomic E-state index is 0.0355. The lowest BCUT2D eigenvalue weighted by Crippen LogP contribution is -2.17. The first-order valence-corrected chi connectivity index (χ1v) is 10.5. The monoisotopic (exact) mass is 436 g/mol. The molecule has 0 atom stereocenters. The van der Waals surface area contributed by atoms with Crippen LogP contribution in [0.25, 0.3) is 11.3 Å². The fraction of sp³-hybridized carbons (Fsp3) is 0.238. The van der Waals surface area contributed by atoms with Gasteiger partial charge in [0, 0.05) is 17.0 Å². The van der Waals surface area contributed by atoms with Crippen LogP contribution in [0.4, 0.5) is 4.39 Å². The molecule has 2 aromatic carbocycles. The second-order valence-electron chi connectivity index (χ2n) is 6.18. The maximum atomic E-state index is 14.0. The molecule has 1 amide bonds. The third-order valence-electron chi connectivity index (χ3n) is 4.27. The van der Waals surface area contributed by atoms with E-state index in [1.54, 1.807) is 18.2 Å². The Labute approximate surface area is 177 Å². The summed E-state index contributed by atoms with van der Waals surface area (Å²) in [6.07, 6.45) is 1.78. The highest BCUT2D eigenvalue weighted by Crippen LogP contribution is 2.32. The molecule has 3 rings (SSSR count). The van der Waals surface area contributed by atoms with Crippen molar-refractivity contribution in [1.82, 2.24) is 4.57 Å². The summed E-state index contributed by atoms with van der Waals surface area (Å²) in [7, 11) is 0. The van der Waals surface area contributed by atoms with Gasteiger partial charge in [0.1, 0.15) is 5.82 Å². The number of thiazole rings is 1. The summed E-state index contributed by atoms with van der Waals surface area (Å²) in [5.74, 6) is -1.17. The molecule has 0 unspecified atom stereocenters. The second kappa shape index (κ2) is 9.03. The Morgan fingerprint density at radius 2 is 1.89 bits per heavy atom. The van der Waals surface area contributed by atoms with Crippen LogP contribution in [0.1, 0.15) is 35.5 Å². The van der Waals surface area contributed by atoms with Crippen LogP contribution < -0.4 is 4.80 Å². The Balaban J connectivity index is 2.19. The van der Waals surface area contributed by atoms with Crippen LogP contribution in [-0.2, 0) is 13.0 Å². The van der Waals surface area contributed by atoms with Crippen LogP contribution in [0.3, 0.4) is 0 Å². The van der Waals surface area contributed by atoms with Gasteiger partial charge in [-0.15, -0.1) is 11.3 Å². The number of benzene rings is 2. The number of carbonyl (C=O) groups excluding carboxylic acids is 1. The predicted molar refractivity (Wildman–Crippen MR) is 114 cm³/mol. The molecule has 3 aromatic rings. The highest BCUT2D eigenvalue weighted by atomic mass is 35.5. The number of aryl methyl sites for hydroxylation is 1. The molecule has 0 fully saturated rings. The van der Waals surface area contributed by atoms with E-state index in [0.29, 0.717) is 21.4 Å². The second-order valence-corrected chi connectivity index (χ2v) is 8.05. The maximum absolute atomic E-state index is 14.0. The van der Waals surface area contributed by atoms with Crippen molar-refractivity contribution in [2.45, 2.75) is 33.2 Å². The molecule has 0 radical (unpaired) electrons. The van der Waals surface area contributed by atoms with Gasteiger partial charge in [-0.2, -0.15) is 4.99 Å². The van der Waals surface area contributed by atoms with Crippen molar-refractivity contribution in [2.75, 3.05) is 0 Å². The van der Waals surface area contributed by atoms with Crippen LogP contribution in [0, 0.1) is 5.82 Å².